The lowest BCUT2D eigenvalue weighted by Gasteiger charge is -2.41. The molecule has 0 bridgehead atoms. The maximum atomic E-state index is 12.9. The monoisotopic (exact) mass is 412 g/mol. The SMILES string of the molecule is Cc1ccc(C)c(SCC(=O)OCC(=O)N2c3ccccc3NC(=O)C2(C)C)c1. The average Bonchev–Trinajstić information content (AvgIpc) is 2.67. The van der Waals surface area contributed by atoms with Crippen molar-refractivity contribution in [1.82, 2.24) is 0 Å². The summed E-state index contributed by atoms with van der Waals surface area (Å²) < 4.78 is 5.21. The molecule has 6 nitrogen and oxygen atoms in total. The molecule has 0 radical (unpaired) electrons. The molecule has 0 spiro atoms. The Morgan fingerprint density at radius 1 is 1.14 bits per heavy atom. The summed E-state index contributed by atoms with van der Waals surface area (Å²) in [5, 5.41) is 2.80. The number of esters is 1. The molecule has 1 aliphatic rings. The molecule has 0 saturated carbocycles. The Morgan fingerprint density at radius 3 is 2.62 bits per heavy atom. The number of fused-ring (bicyclic) bond motifs is 1. The van der Waals surface area contributed by atoms with Gasteiger partial charge in [-0.2, -0.15) is 0 Å². The van der Waals surface area contributed by atoms with Crippen molar-refractivity contribution in [3.8, 4) is 0 Å². The van der Waals surface area contributed by atoms with Crippen molar-refractivity contribution >= 4 is 40.9 Å². The Balaban J connectivity index is 1.64. The number of amides is 2. The molecule has 0 aromatic heterocycles. The fourth-order valence-corrected chi connectivity index (χ4v) is 4.07. The van der Waals surface area contributed by atoms with Gasteiger partial charge >= 0.3 is 5.97 Å². The maximum absolute atomic E-state index is 12.9. The molecule has 152 valence electrons. The minimum absolute atomic E-state index is 0.109. The first-order valence-corrected chi connectivity index (χ1v) is 10.3. The van der Waals surface area contributed by atoms with Crippen LogP contribution >= 0.6 is 11.8 Å². The summed E-state index contributed by atoms with van der Waals surface area (Å²) in [6, 6.07) is 13.1. The van der Waals surface area contributed by atoms with E-state index in [0.717, 1.165) is 16.0 Å². The molecule has 1 N–H and O–H groups in total. The number of hydrogen-bond donors (Lipinski definition) is 1. The van der Waals surface area contributed by atoms with Gasteiger partial charge < -0.3 is 10.1 Å². The smallest absolute Gasteiger partial charge is 0.316 e. The van der Waals surface area contributed by atoms with Crippen LogP contribution < -0.4 is 10.2 Å². The van der Waals surface area contributed by atoms with Crippen LogP contribution in [0.1, 0.15) is 25.0 Å². The molecular weight excluding hydrogens is 388 g/mol. The number of carbonyl (C=O) groups is 3. The third-order valence-electron chi connectivity index (χ3n) is 4.80. The Morgan fingerprint density at radius 2 is 1.86 bits per heavy atom. The van der Waals surface area contributed by atoms with Crippen LogP contribution in [0, 0.1) is 13.8 Å². The van der Waals surface area contributed by atoms with E-state index in [4.69, 9.17) is 4.74 Å². The van der Waals surface area contributed by atoms with Crippen molar-refractivity contribution in [2.45, 2.75) is 38.1 Å². The van der Waals surface area contributed by atoms with Crippen molar-refractivity contribution in [1.29, 1.82) is 0 Å². The molecular formula is C22H24N2O4S. The first-order chi connectivity index (χ1) is 13.7. The fraction of sp³-hybridized carbons (Fsp3) is 0.318. The number of nitrogens with zero attached hydrogens (tertiary/aromatic N) is 1. The second kappa shape index (κ2) is 8.29. The van der Waals surface area contributed by atoms with Crippen LogP contribution in [0.4, 0.5) is 11.4 Å². The molecule has 29 heavy (non-hydrogen) atoms. The van der Waals surface area contributed by atoms with E-state index in [2.05, 4.69) is 5.32 Å². The number of aryl methyl sites for hydroxylation is 2. The van der Waals surface area contributed by atoms with Gasteiger partial charge in [0.15, 0.2) is 6.61 Å². The normalized spacial score (nSPS) is 14.8. The van der Waals surface area contributed by atoms with E-state index in [1.54, 1.807) is 38.1 Å². The summed E-state index contributed by atoms with van der Waals surface area (Å²) in [6.45, 7) is 6.88. The van der Waals surface area contributed by atoms with Crippen LogP contribution in [0.2, 0.25) is 0 Å². The van der Waals surface area contributed by atoms with Crippen LogP contribution in [-0.2, 0) is 19.1 Å². The second-order valence-corrected chi connectivity index (χ2v) is 8.49. The third kappa shape index (κ3) is 4.45. The molecule has 0 unspecified atom stereocenters. The zero-order valence-electron chi connectivity index (χ0n) is 16.9. The number of benzene rings is 2. The number of rotatable bonds is 5. The van der Waals surface area contributed by atoms with E-state index in [1.807, 2.05) is 32.0 Å². The summed E-state index contributed by atoms with van der Waals surface area (Å²) in [4.78, 5) is 39.9. The molecule has 0 atom stereocenters. The quantitative estimate of drug-likeness (QED) is 0.599. The lowest BCUT2D eigenvalue weighted by molar-refractivity contribution is -0.145. The van der Waals surface area contributed by atoms with Crippen LogP contribution in [0.25, 0.3) is 0 Å². The van der Waals surface area contributed by atoms with Crippen LogP contribution in [0.3, 0.4) is 0 Å². The van der Waals surface area contributed by atoms with Gasteiger partial charge in [0.2, 0.25) is 5.91 Å². The van der Waals surface area contributed by atoms with Gasteiger partial charge in [-0.25, -0.2) is 0 Å². The molecule has 1 aliphatic heterocycles. The number of ether oxygens (including phenoxy) is 1. The molecule has 2 aromatic rings. The highest BCUT2D eigenvalue weighted by atomic mass is 32.2. The Hall–Kier alpha value is -2.80. The summed E-state index contributed by atoms with van der Waals surface area (Å²) in [5.74, 6) is -1.10. The van der Waals surface area contributed by atoms with Gasteiger partial charge in [0.25, 0.3) is 5.91 Å². The predicted octanol–water partition coefficient (Wildman–Crippen LogP) is 3.70. The van der Waals surface area contributed by atoms with E-state index in [1.165, 1.54) is 16.7 Å². The van der Waals surface area contributed by atoms with Crippen molar-refractivity contribution in [2.24, 2.45) is 0 Å². The minimum atomic E-state index is -1.09. The van der Waals surface area contributed by atoms with Crippen molar-refractivity contribution in [3.05, 3.63) is 53.6 Å². The van der Waals surface area contributed by atoms with Crippen LogP contribution in [0.15, 0.2) is 47.4 Å². The Bertz CT molecular complexity index is 971. The van der Waals surface area contributed by atoms with Gasteiger partial charge in [-0.05, 0) is 51.5 Å². The Kier molecular flexibility index (Phi) is 5.98. The van der Waals surface area contributed by atoms with Crippen molar-refractivity contribution < 1.29 is 19.1 Å². The molecule has 2 aromatic carbocycles. The lowest BCUT2D eigenvalue weighted by atomic mass is 9.96. The lowest BCUT2D eigenvalue weighted by Crippen LogP contribution is -2.59. The minimum Gasteiger partial charge on any atom is -0.455 e. The first kappa shape index (κ1) is 20.9. The largest absolute Gasteiger partial charge is 0.455 e. The topological polar surface area (TPSA) is 75.7 Å². The van der Waals surface area contributed by atoms with Crippen molar-refractivity contribution in [2.75, 3.05) is 22.6 Å². The number of thioether (sulfide) groups is 1. The number of nitrogens with one attached hydrogen (secondary N) is 1. The number of carbonyl (C=O) groups excluding carboxylic acids is 3. The summed E-state index contributed by atoms with van der Waals surface area (Å²) in [5.41, 5.74) is 2.25. The molecule has 3 rings (SSSR count). The molecule has 1 heterocycles. The third-order valence-corrected chi connectivity index (χ3v) is 5.93. The summed E-state index contributed by atoms with van der Waals surface area (Å²) in [7, 11) is 0. The average molecular weight is 413 g/mol. The molecule has 0 fully saturated rings. The van der Waals surface area contributed by atoms with Gasteiger partial charge in [0, 0.05) is 4.90 Å². The van der Waals surface area contributed by atoms with Gasteiger partial charge in [0.1, 0.15) is 5.54 Å². The van der Waals surface area contributed by atoms with Crippen molar-refractivity contribution in [3.63, 3.8) is 0 Å². The molecule has 7 heteroatoms. The predicted molar refractivity (Wildman–Crippen MR) is 114 cm³/mol. The van der Waals surface area contributed by atoms with Gasteiger partial charge in [-0.3, -0.25) is 19.3 Å². The van der Waals surface area contributed by atoms with E-state index in [0.29, 0.717) is 11.4 Å². The Labute approximate surface area is 174 Å². The number of anilines is 2. The van der Waals surface area contributed by atoms with Crippen LogP contribution in [0.5, 0.6) is 0 Å². The number of para-hydroxylation sites is 2. The highest BCUT2D eigenvalue weighted by molar-refractivity contribution is 8.00. The van der Waals surface area contributed by atoms with Gasteiger partial charge in [-0.1, -0.05) is 29.8 Å². The van der Waals surface area contributed by atoms with E-state index >= 15 is 0 Å². The van der Waals surface area contributed by atoms with Gasteiger partial charge in [-0.15, -0.1) is 11.8 Å². The second-order valence-electron chi connectivity index (χ2n) is 7.48. The van der Waals surface area contributed by atoms with E-state index < -0.39 is 24.0 Å². The maximum Gasteiger partial charge on any atom is 0.316 e. The zero-order chi connectivity index (χ0) is 21.2. The van der Waals surface area contributed by atoms with E-state index in [-0.39, 0.29) is 11.7 Å². The number of hydrogen-bond acceptors (Lipinski definition) is 5. The molecule has 0 saturated heterocycles. The summed E-state index contributed by atoms with van der Waals surface area (Å²) >= 11 is 1.38. The molecule has 0 aliphatic carbocycles. The fourth-order valence-electron chi connectivity index (χ4n) is 3.15. The standard InChI is InChI=1S/C22H24N2O4S/c1-14-9-10-15(2)18(11-14)29-13-20(26)28-12-19(25)24-17-8-6-5-7-16(17)23-21(27)22(24,3)4/h5-11H,12-13H2,1-4H3,(H,23,27). The van der Waals surface area contributed by atoms with E-state index in [9.17, 15) is 14.4 Å². The molecule has 2 amide bonds. The first-order valence-electron chi connectivity index (χ1n) is 9.29. The zero-order valence-corrected chi connectivity index (χ0v) is 17.8. The summed E-state index contributed by atoms with van der Waals surface area (Å²) in [6.07, 6.45) is 0. The highest BCUT2D eigenvalue weighted by Gasteiger charge is 2.43. The highest BCUT2D eigenvalue weighted by Crippen LogP contribution is 2.36. The van der Waals surface area contributed by atoms with Gasteiger partial charge in [0.05, 0.1) is 17.1 Å². The van der Waals surface area contributed by atoms with Crippen LogP contribution in [-0.4, -0.2) is 35.7 Å².